The van der Waals surface area contributed by atoms with Gasteiger partial charge in [-0.3, -0.25) is 0 Å². The molecule has 2 aromatic carbocycles. The molecule has 0 amide bonds. The summed E-state index contributed by atoms with van der Waals surface area (Å²) >= 11 is 0. The molecule has 8 heteroatoms. The Balaban J connectivity index is 2.52. The Kier molecular flexibility index (Phi) is 4.97. The first-order valence-electron chi connectivity index (χ1n) is 6.76. The van der Waals surface area contributed by atoms with Crippen LogP contribution in [0.4, 0.5) is 36.4 Å². The molecule has 0 bridgehead atoms. The van der Waals surface area contributed by atoms with Gasteiger partial charge < -0.3 is 4.90 Å². The Labute approximate surface area is 138 Å². The van der Waals surface area contributed by atoms with Crippen molar-refractivity contribution in [1.29, 1.82) is 0 Å². The number of nitrogens with zero attached hydrogens (tertiary/aromatic N) is 1. The van der Waals surface area contributed by atoms with E-state index in [0.717, 1.165) is 5.69 Å². The Morgan fingerprint density at radius 3 is 1.64 bits per heavy atom. The predicted molar refractivity (Wildman–Crippen MR) is 78.0 cm³/mol. The van der Waals surface area contributed by atoms with Crippen LogP contribution in [0.1, 0.15) is 16.7 Å². The lowest BCUT2D eigenvalue weighted by molar-refractivity contribution is -0.143. The first kappa shape index (κ1) is 18.6. The molecule has 2 rings (SSSR count). The van der Waals surface area contributed by atoms with Crippen LogP contribution in [-0.4, -0.2) is 14.1 Å². The van der Waals surface area contributed by atoms with Gasteiger partial charge in [0.1, 0.15) is 11.1 Å². The maximum atomic E-state index is 13.7. The Morgan fingerprint density at radius 1 is 0.760 bits per heavy atom. The highest BCUT2D eigenvalue weighted by Gasteiger charge is 2.42. The van der Waals surface area contributed by atoms with Crippen LogP contribution in [0.15, 0.2) is 24.3 Å². The van der Waals surface area contributed by atoms with Crippen molar-refractivity contribution in [2.75, 3.05) is 19.0 Å². The van der Waals surface area contributed by atoms with Gasteiger partial charge in [-0.25, -0.2) is 17.6 Å². The second-order valence-electron chi connectivity index (χ2n) is 5.19. The van der Waals surface area contributed by atoms with Gasteiger partial charge in [0.25, 0.3) is 0 Å². The second-order valence-corrected chi connectivity index (χ2v) is 5.19. The van der Waals surface area contributed by atoms with Gasteiger partial charge in [0, 0.05) is 25.3 Å². The summed E-state index contributed by atoms with van der Waals surface area (Å²) in [7, 11) is 3.55. The van der Waals surface area contributed by atoms with Gasteiger partial charge in [0.05, 0.1) is 0 Å². The molecule has 0 spiro atoms. The van der Waals surface area contributed by atoms with Crippen molar-refractivity contribution in [3.05, 3.63) is 64.2 Å². The van der Waals surface area contributed by atoms with Crippen molar-refractivity contribution in [3.8, 4) is 11.8 Å². The van der Waals surface area contributed by atoms with E-state index in [4.69, 9.17) is 0 Å². The topological polar surface area (TPSA) is 3.24 Å². The SMILES string of the molecule is CN(C)c1ccc(C#Cc2c(F)c(F)c(C(F)(F)F)c(F)c2F)cc1. The van der Waals surface area contributed by atoms with Crippen molar-refractivity contribution in [1.82, 2.24) is 0 Å². The van der Waals surface area contributed by atoms with Crippen LogP contribution in [0, 0.1) is 35.1 Å². The van der Waals surface area contributed by atoms with Crippen LogP contribution in [0.2, 0.25) is 0 Å². The zero-order valence-electron chi connectivity index (χ0n) is 12.9. The third-order valence-electron chi connectivity index (χ3n) is 3.26. The lowest BCUT2D eigenvalue weighted by Crippen LogP contribution is -2.16. The van der Waals surface area contributed by atoms with E-state index < -0.39 is 40.6 Å². The van der Waals surface area contributed by atoms with Crippen molar-refractivity contribution in [2.24, 2.45) is 0 Å². The highest BCUT2D eigenvalue weighted by molar-refractivity contribution is 5.51. The van der Waals surface area contributed by atoms with E-state index in [9.17, 15) is 30.7 Å². The third-order valence-corrected chi connectivity index (χ3v) is 3.26. The van der Waals surface area contributed by atoms with Crippen LogP contribution >= 0.6 is 0 Å². The molecular formula is C17H10F7N. The van der Waals surface area contributed by atoms with E-state index in [-0.39, 0.29) is 5.56 Å². The number of alkyl halides is 3. The van der Waals surface area contributed by atoms with Crippen LogP contribution in [-0.2, 0) is 6.18 Å². The van der Waals surface area contributed by atoms with Crippen molar-refractivity contribution in [2.45, 2.75) is 6.18 Å². The first-order valence-corrected chi connectivity index (χ1v) is 6.76. The summed E-state index contributed by atoms with van der Waals surface area (Å²) in [6, 6.07) is 6.22. The summed E-state index contributed by atoms with van der Waals surface area (Å²) in [4.78, 5) is 1.77. The van der Waals surface area contributed by atoms with Gasteiger partial charge in [0.15, 0.2) is 23.3 Å². The summed E-state index contributed by atoms with van der Waals surface area (Å²) in [5.74, 6) is -5.34. The van der Waals surface area contributed by atoms with Crippen LogP contribution in [0.25, 0.3) is 0 Å². The zero-order valence-corrected chi connectivity index (χ0v) is 12.9. The fraction of sp³-hybridized carbons (Fsp3) is 0.176. The molecule has 0 aliphatic carbocycles. The monoisotopic (exact) mass is 361 g/mol. The molecule has 0 saturated heterocycles. The van der Waals surface area contributed by atoms with E-state index in [1.807, 2.05) is 5.92 Å². The third kappa shape index (κ3) is 3.71. The van der Waals surface area contributed by atoms with Gasteiger partial charge in [-0.05, 0) is 24.3 Å². The molecule has 25 heavy (non-hydrogen) atoms. The van der Waals surface area contributed by atoms with Crippen molar-refractivity contribution < 1.29 is 30.7 Å². The fourth-order valence-electron chi connectivity index (χ4n) is 1.97. The number of hydrogen-bond acceptors (Lipinski definition) is 1. The van der Waals surface area contributed by atoms with E-state index >= 15 is 0 Å². The molecule has 0 aromatic heterocycles. The van der Waals surface area contributed by atoms with Crippen LogP contribution in [0.5, 0.6) is 0 Å². The normalized spacial score (nSPS) is 11.1. The lowest BCUT2D eigenvalue weighted by Gasteiger charge is -2.12. The molecule has 0 radical (unpaired) electrons. The highest BCUT2D eigenvalue weighted by atomic mass is 19.4. The number of rotatable bonds is 1. The van der Waals surface area contributed by atoms with Crippen LogP contribution in [0.3, 0.4) is 0 Å². The van der Waals surface area contributed by atoms with Crippen molar-refractivity contribution in [3.63, 3.8) is 0 Å². The quantitative estimate of drug-likeness (QED) is 0.403. The summed E-state index contributed by atoms with van der Waals surface area (Å²) in [5, 5.41) is 0. The Hall–Kier alpha value is -2.69. The molecule has 0 N–H and O–H groups in total. The van der Waals surface area contributed by atoms with Gasteiger partial charge in [-0.1, -0.05) is 11.8 Å². The minimum absolute atomic E-state index is 0.255. The number of anilines is 1. The average molecular weight is 361 g/mol. The van der Waals surface area contributed by atoms with Crippen molar-refractivity contribution >= 4 is 5.69 Å². The van der Waals surface area contributed by atoms with Gasteiger partial charge in [-0.15, -0.1) is 0 Å². The molecule has 0 aliphatic rings. The summed E-state index contributed by atoms with van der Waals surface area (Å²) in [5.41, 5.74) is -2.97. The minimum Gasteiger partial charge on any atom is -0.378 e. The summed E-state index contributed by atoms with van der Waals surface area (Å²) in [6.07, 6.45) is -5.58. The maximum absolute atomic E-state index is 13.7. The number of hydrogen-bond donors (Lipinski definition) is 0. The zero-order chi connectivity index (χ0) is 18.9. The molecule has 0 unspecified atom stereocenters. The minimum atomic E-state index is -5.58. The van der Waals surface area contributed by atoms with Gasteiger partial charge in [0.2, 0.25) is 0 Å². The standard InChI is InChI=1S/C17H10F7N/c1-25(2)10-6-3-9(4-7-10)5-8-11-13(18)15(20)12(17(22,23)24)16(21)14(11)19/h3-4,6-7H,1-2H3. The molecule has 1 nitrogen and oxygen atoms in total. The molecule has 2 aromatic rings. The molecule has 0 heterocycles. The lowest BCUT2D eigenvalue weighted by atomic mass is 10.1. The number of benzene rings is 2. The largest absolute Gasteiger partial charge is 0.422 e. The molecule has 0 saturated carbocycles. The summed E-state index contributed by atoms with van der Waals surface area (Å²) < 4.78 is 91.9. The van der Waals surface area contributed by atoms with E-state index in [1.54, 1.807) is 31.1 Å². The number of halogens is 7. The average Bonchev–Trinajstić information content (AvgIpc) is 2.52. The highest BCUT2D eigenvalue weighted by Crippen LogP contribution is 2.36. The maximum Gasteiger partial charge on any atom is 0.422 e. The van der Waals surface area contributed by atoms with Gasteiger partial charge in [-0.2, -0.15) is 13.2 Å². The first-order chi connectivity index (χ1) is 11.5. The van der Waals surface area contributed by atoms with E-state index in [0.29, 0.717) is 0 Å². The van der Waals surface area contributed by atoms with Crippen LogP contribution < -0.4 is 4.90 Å². The smallest absolute Gasteiger partial charge is 0.378 e. The fourth-order valence-corrected chi connectivity index (χ4v) is 1.97. The van der Waals surface area contributed by atoms with Gasteiger partial charge >= 0.3 is 6.18 Å². The van der Waals surface area contributed by atoms with E-state index in [2.05, 4.69) is 5.92 Å². The van der Waals surface area contributed by atoms with E-state index in [1.165, 1.54) is 12.1 Å². The second kappa shape index (κ2) is 6.67. The predicted octanol–water partition coefficient (Wildman–Crippen LogP) is 4.73. The Morgan fingerprint density at radius 2 is 1.24 bits per heavy atom. The summed E-state index contributed by atoms with van der Waals surface area (Å²) in [6.45, 7) is 0. The molecular weight excluding hydrogens is 351 g/mol. The molecule has 0 aliphatic heterocycles. The Bertz CT molecular complexity index is 827. The molecule has 0 fully saturated rings. The molecule has 0 atom stereocenters. The molecule has 132 valence electrons.